The first-order valence-electron chi connectivity index (χ1n) is 8.64. The minimum Gasteiger partial charge on any atom is -0.489 e. The molecular weight excluding hydrogens is 394 g/mol. The maximum atomic E-state index is 12.8. The lowest BCUT2D eigenvalue weighted by atomic mass is 10.1. The van der Waals surface area contributed by atoms with Crippen molar-refractivity contribution in [3.8, 4) is 5.75 Å². The number of anilines is 3. The van der Waals surface area contributed by atoms with Crippen LogP contribution in [0, 0.1) is 6.92 Å². The molecule has 0 aliphatic carbocycles. The predicted molar refractivity (Wildman–Crippen MR) is 111 cm³/mol. The molecule has 1 heterocycles. The lowest BCUT2D eigenvalue weighted by Gasteiger charge is -2.35. The van der Waals surface area contributed by atoms with Crippen molar-refractivity contribution in [1.82, 2.24) is 0 Å². The van der Waals surface area contributed by atoms with Crippen LogP contribution < -0.4 is 19.9 Å². The summed E-state index contributed by atoms with van der Waals surface area (Å²) < 4.78 is 6.70. The third-order valence-corrected chi connectivity index (χ3v) is 5.24. The lowest BCUT2D eigenvalue weighted by Crippen LogP contribution is -2.46. The van der Waals surface area contributed by atoms with Crippen LogP contribution in [0.4, 0.5) is 17.1 Å². The molecule has 6 heteroatoms. The topological polar surface area (TPSA) is 44.8 Å². The maximum absolute atomic E-state index is 12.8. The van der Waals surface area contributed by atoms with Gasteiger partial charge in [0.05, 0.1) is 17.9 Å². The van der Waals surface area contributed by atoms with Crippen LogP contribution in [0.15, 0.2) is 40.9 Å². The first kappa shape index (κ1) is 18.6. The van der Waals surface area contributed by atoms with E-state index in [9.17, 15) is 4.79 Å². The van der Waals surface area contributed by atoms with Crippen LogP contribution in [-0.2, 0) is 4.79 Å². The van der Waals surface area contributed by atoms with E-state index in [1.165, 1.54) is 0 Å². The molecule has 0 fully saturated rings. The van der Waals surface area contributed by atoms with E-state index in [1.807, 2.05) is 69.2 Å². The second-order valence-corrected chi connectivity index (χ2v) is 7.59. The second-order valence-electron chi connectivity index (χ2n) is 6.74. The molecule has 1 aliphatic rings. The highest BCUT2D eigenvalue weighted by Gasteiger charge is 2.27. The molecule has 0 aromatic heterocycles. The smallest absolute Gasteiger partial charge is 0.246 e. The van der Waals surface area contributed by atoms with Crippen molar-refractivity contribution in [2.24, 2.45) is 0 Å². The van der Waals surface area contributed by atoms with Crippen LogP contribution in [0.25, 0.3) is 0 Å². The first-order chi connectivity index (χ1) is 12.4. The lowest BCUT2D eigenvalue weighted by molar-refractivity contribution is -0.117. The van der Waals surface area contributed by atoms with Gasteiger partial charge in [-0.25, -0.2) is 0 Å². The monoisotopic (exact) mass is 417 g/mol. The molecule has 0 unspecified atom stereocenters. The number of benzene rings is 2. The Labute approximate surface area is 163 Å². The van der Waals surface area contributed by atoms with E-state index in [1.54, 1.807) is 0 Å². The van der Waals surface area contributed by atoms with Gasteiger partial charge in [0.25, 0.3) is 0 Å². The fraction of sp³-hybridized carbons (Fsp3) is 0.350. The Morgan fingerprint density at radius 1 is 1.27 bits per heavy atom. The summed E-state index contributed by atoms with van der Waals surface area (Å²) in [6.07, 6.45) is 0. The SMILES string of the molecule is Cc1ccc(NC(=O)[C@@H](C)N2CCOc3cc(N(C)C)ccc32)c(Br)c1. The zero-order valence-electron chi connectivity index (χ0n) is 15.5. The number of rotatable bonds is 4. The number of hydrogen-bond acceptors (Lipinski definition) is 4. The molecule has 3 rings (SSSR count). The number of ether oxygens (including phenoxy) is 1. The van der Waals surface area contributed by atoms with Gasteiger partial charge in [0.1, 0.15) is 18.4 Å². The summed E-state index contributed by atoms with van der Waals surface area (Å²) in [5.41, 5.74) is 3.95. The number of nitrogens with one attached hydrogen (secondary N) is 1. The molecule has 0 saturated carbocycles. The molecule has 1 N–H and O–H groups in total. The average molecular weight is 418 g/mol. The number of aryl methyl sites for hydroxylation is 1. The highest BCUT2D eigenvalue weighted by Crippen LogP contribution is 2.36. The Balaban J connectivity index is 1.80. The molecule has 1 aliphatic heterocycles. The van der Waals surface area contributed by atoms with Crippen molar-refractivity contribution in [3.05, 3.63) is 46.4 Å². The quantitative estimate of drug-likeness (QED) is 0.814. The van der Waals surface area contributed by atoms with Gasteiger partial charge in [-0.3, -0.25) is 4.79 Å². The van der Waals surface area contributed by atoms with E-state index in [0.717, 1.165) is 32.8 Å². The van der Waals surface area contributed by atoms with Crippen LogP contribution in [0.2, 0.25) is 0 Å². The summed E-state index contributed by atoms with van der Waals surface area (Å²) >= 11 is 3.52. The summed E-state index contributed by atoms with van der Waals surface area (Å²) in [6, 6.07) is 11.7. The van der Waals surface area contributed by atoms with Crippen molar-refractivity contribution < 1.29 is 9.53 Å². The zero-order valence-corrected chi connectivity index (χ0v) is 17.1. The molecule has 138 valence electrons. The van der Waals surface area contributed by atoms with Crippen molar-refractivity contribution in [2.75, 3.05) is 42.4 Å². The maximum Gasteiger partial charge on any atom is 0.246 e. The Hall–Kier alpha value is -2.21. The Morgan fingerprint density at radius 3 is 2.73 bits per heavy atom. The van der Waals surface area contributed by atoms with Gasteiger partial charge < -0.3 is 19.9 Å². The van der Waals surface area contributed by atoms with Crippen LogP contribution in [-0.4, -0.2) is 39.2 Å². The van der Waals surface area contributed by atoms with E-state index < -0.39 is 0 Å². The predicted octanol–water partition coefficient (Wildman–Crippen LogP) is 4.05. The Morgan fingerprint density at radius 2 is 2.04 bits per heavy atom. The summed E-state index contributed by atoms with van der Waals surface area (Å²) in [4.78, 5) is 16.9. The second kappa shape index (κ2) is 7.58. The van der Waals surface area contributed by atoms with Gasteiger partial charge in [-0.05, 0) is 59.6 Å². The molecular formula is C20H24BrN3O2. The molecule has 0 spiro atoms. The zero-order chi connectivity index (χ0) is 18.8. The summed E-state index contributed by atoms with van der Waals surface area (Å²) in [6.45, 7) is 5.19. The fourth-order valence-corrected chi connectivity index (χ4v) is 3.60. The van der Waals surface area contributed by atoms with Gasteiger partial charge in [-0.2, -0.15) is 0 Å². The number of halogens is 1. The fourth-order valence-electron chi connectivity index (χ4n) is 3.01. The minimum atomic E-state index is -0.309. The molecule has 0 saturated heterocycles. The van der Waals surface area contributed by atoms with Crippen molar-refractivity contribution in [2.45, 2.75) is 19.9 Å². The van der Waals surface area contributed by atoms with Crippen molar-refractivity contribution in [3.63, 3.8) is 0 Å². The van der Waals surface area contributed by atoms with Crippen LogP contribution in [0.3, 0.4) is 0 Å². The Kier molecular flexibility index (Phi) is 5.41. The molecule has 1 atom stereocenters. The van der Waals surface area contributed by atoms with Gasteiger partial charge in [0, 0.05) is 30.3 Å². The van der Waals surface area contributed by atoms with Gasteiger partial charge in [0.15, 0.2) is 0 Å². The summed E-state index contributed by atoms with van der Waals surface area (Å²) in [5.74, 6) is 0.776. The average Bonchev–Trinajstić information content (AvgIpc) is 2.62. The largest absolute Gasteiger partial charge is 0.489 e. The number of carbonyl (C=O) groups excluding carboxylic acids is 1. The minimum absolute atomic E-state index is 0.0425. The molecule has 0 radical (unpaired) electrons. The van der Waals surface area contributed by atoms with Crippen molar-refractivity contribution >= 4 is 38.9 Å². The molecule has 26 heavy (non-hydrogen) atoms. The third-order valence-electron chi connectivity index (χ3n) is 4.59. The Bertz CT molecular complexity index is 823. The highest BCUT2D eigenvalue weighted by molar-refractivity contribution is 9.10. The van der Waals surface area contributed by atoms with Crippen molar-refractivity contribution in [1.29, 1.82) is 0 Å². The highest BCUT2D eigenvalue weighted by atomic mass is 79.9. The summed E-state index contributed by atoms with van der Waals surface area (Å²) in [7, 11) is 4.00. The molecule has 2 aromatic rings. The number of hydrogen-bond donors (Lipinski definition) is 1. The molecule has 0 bridgehead atoms. The van der Waals surface area contributed by atoms with Gasteiger partial charge in [-0.1, -0.05) is 6.07 Å². The van der Waals surface area contributed by atoms with Crippen LogP contribution in [0.1, 0.15) is 12.5 Å². The van der Waals surface area contributed by atoms with E-state index in [-0.39, 0.29) is 11.9 Å². The van der Waals surface area contributed by atoms with Crippen LogP contribution in [0.5, 0.6) is 5.75 Å². The molecule has 2 aromatic carbocycles. The van der Waals surface area contributed by atoms with E-state index >= 15 is 0 Å². The third kappa shape index (κ3) is 3.80. The number of carbonyl (C=O) groups is 1. The van der Waals surface area contributed by atoms with E-state index in [2.05, 4.69) is 26.1 Å². The van der Waals surface area contributed by atoms with Gasteiger partial charge >= 0.3 is 0 Å². The van der Waals surface area contributed by atoms with E-state index in [4.69, 9.17) is 4.74 Å². The molecule has 5 nitrogen and oxygen atoms in total. The van der Waals surface area contributed by atoms with Crippen LogP contribution >= 0.6 is 15.9 Å². The first-order valence-corrected chi connectivity index (χ1v) is 9.44. The van der Waals surface area contributed by atoms with E-state index in [0.29, 0.717) is 13.2 Å². The van der Waals surface area contributed by atoms with Gasteiger partial charge in [0.2, 0.25) is 5.91 Å². The number of nitrogens with zero attached hydrogens (tertiary/aromatic N) is 2. The molecule has 1 amide bonds. The summed E-state index contributed by atoms with van der Waals surface area (Å²) in [5, 5.41) is 3.02. The standard InChI is InChI=1S/C20H24BrN3O2/c1-13-5-7-17(16(21)11-13)22-20(25)14(2)24-9-10-26-19-12-15(23(3)4)6-8-18(19)24/h5-8,11-12,14H,9-10H2,1-4H3,(H,22,25)/t14-/m1/s1. The normalized spacial score (nSPS) is 14.3. The number of fused-ring (bicyclic) bond motifs is 1. The van der Waals surface area contributed by atoms with Gasteiger partial charge in [-0.15, -0.1) is 0 Å². The number of amides is 1.